The summed E-state index contributed by atoms with van der Waals surface area (Å²) in [4.78, 5) is 4.02. The number of hydrogen-bond acceptors (Lipinski definition) is 2. The van der Waals surface area contributed by atoms with Gasteiger partial charge in [0.2, 0.25) is 0 Å². The standard InChI is InChI=1S/C13H9BrCl2FNO/c14-10-5-9(17)2-1-7(10)3-12(19)13-11(16)4-8(15)6-18-13/h1-2,4-6,12,19H,3H2. The molecule has 0 bridgehead atoms. The van der Waals surface area contributed by atoms with Crippen LogP contribution in [0.25, 0.3) is 0 Å². The second kappa shape index (κ2) is 6.18. The Morgan fingerprint density at radius 1 is 1.32 bits per heavy atom. The lowest BCUT2D eigenvalue weighted by molar-refractivity contribution is 0.173. The Balaban J connectivity index is 2.23. The van der Waals surface area contributed by atoms with Gasteiger partial charge in [-0.25, -0.2) is 4.39 Å². The molecule has 19 heavy (non-hydrogen) atoms. The maximum Gasteiger partial charge on any atom is 0.124 e. The number of rotatable bonds is 3. The molecule has 0 saturated carbocycles. The Labute approximate surface area is 128 Å². The van der Waals surface area contributed by atoms with E-state index in [-0.39, 0.29) is 12.2 Å². The number of aliphatic hydroxyl groups excluding tert-OH is 1. The molecule has 1 atom stereocenters. The highest BCUT2D eigenvalue weighted by Gasteiger charge is 2.16. The number of hydrogen-bond donors (Lipinski definition) is 1. The van der Waals surface area contributed by atoms with Crippen LogP contribution in [0.4, 0.5) is 4.39 Å². The van der Waals surface area contributed by atoms with E-state index >= 15 is 0 Å². The third-order valence-corrected chi connectivity index (χ3v) is 3.83. The molecule has 0 spiro atoms. The van der Waals surface area contributed by atoms with Gasteiger partial charge in [-0.15, -0.1) is 0 Å². The second-order valence-electron chi connectivity index (χ2n) is 3.98. The minimum absolute atomic E-state index is 0.273. The average Bonchev–Trinajstić information content (AvgIpc) is 2.32. The van der Waals surface area contributed by atoms with E-state index in [2.05, 4.69) is 20.9 Å². The Hall–Kier alpha value is -0.680. The summed E-state index contributed by atoms with van der Waals surface area (Å²) in [5.74, 6) is -0.340. The summed E-state index contributed by atoms with van der Waals surface area (Å²) in [5.41, 5.74) is 1.11. The summed E-state index contributed by atoms with van der Waals surface area (Å²) < 4.78 is 13.6. The van der Waals surface area contributed by atoms with Crippen molar-refractivity contribution < 1.29 is 9.50 Å². The number of pyridine rings is 1. The van der Waals surface area contributed by atoms with Crippen LogP contribution in [0.5, 0.6) is 0 Å². The molecule has 1 heterocycles. The number of nitrogens with zero attached hydrogens (tertiary/aromatic N) is 1. The van der Waals surface area contributed by atoms with Gasteiger partial charge in [0.1, 0.15) is 11.9 Å². The SMILES string of the molecule is OC(Cc1ccc(F)cc1Br)c1ncc(Cl)cc1Cl. The van der Waals surface area contributed by atoms with E-state index < -0.39 is 6.10 Å². The van der Waals surface area contributed by atoms with E-state index in [1.54, 1.807) is 6.07 Å². The molecule has 0 aliphatic heterocycles. The zero-order valence-electron chi connectivity index (χ0n) is 9.58. The van der Waals surface area contributed by atoms with Crippen molar-refractivity contribution in [2.45, 2.75) is 12.5 Å². The van der Waals surface area contributed by atoms with Crippen LogP contribution >= 0.6 is 39.1 Å². The van der Waals surface area contributed by atoms with Gasteiger partial charge in [-0.05, 0) is 23.8 Å². The fourth-order valence-corrected chi connectivity index (χ4v) is 2.68. The number of halogens is 4. The van der Waals surface area contributed by atoms with Crippen molar-refractivity contribution in [1.82, 2.24) is 4.98 Å². The van der Waals surface area contributed by atoms with Gasteiger partial charge in [0.05, 0.1) is 15.7 Å². The van der Waals surface area contributed by atoms with E-state index in [4.69, 9.17) is 23.2 Å². The molecule has 0 amide bonds. The van der Waals surface area contributed by atoms with Crippen LogP contribution in [0, 0.1) is 5.82 Å². The molecule has 1 aromatic carbocycles. The molecule has 1 N–H and O–H groups in total. The van der Waals surface area contributed by atoms with Crippen molar-refractivity contribution in [3.05, 3.63) is 62.1 Å². The van der Waals surface area contributed by atoms with Gasteiger partial charge in [-0.1, -0.05) is 45.2 Å². The smallest absolute Gasteiger partial charge is 0.124 e. The maximum atomic E-state index is 13.0. The van der Waals surface area contributed by atoms with Crippen LogP contribution < -0.4 is 0 Å². The van der Waals surface area contributed by atoms with Gasteiger partial charge < -0.3 is 5.11 Å². The van der Waals surface area contributed by atoms with Crippen LogP contribution in [0.3, 0.4) is 0 Å². The van der Waals surface area contributed by atoms with Crippen molar-refractivity contribution in [3.63, 3.8) is 0 Å². The average molecular weight is 365 g/mol. The summed E-state index contributed by atoms with van der Waals surface area (Å²) in [6.07, 6.45) is 0.813. The van der Waals surface area contributed by atoms with Gasteiger partial charge in [0.15, 0.2) is 0 Å². The highest BCUT2D eigenvalue weighted by molar-refractivity contribution is 9.10. The van der Waals surface area contributed by atoms with Crippen LogP contribution in [0.2, 0.25) is 10.0 Å². The molecule has 2 aromatic rings. The monoisotopic (exact) mass is 363 g/mol. The largest absolute Gasteiger partial charge is 0.386 e. The fourth-order valence-electron chi connectivity index (χ4n) is 1.66. The van der Waals surface area contributed by atoms with E-state index in [0.717, 1.165) is 5.56 Å². The second-order valence-corrected chi connectivity index (χ2v) is 5.67. The molecule has 0 saturated heterocycles. The number of aliphatic hydroxyl groups is 1. The van der Waals surface area contributed by atoms with Crippen LogP contribution in [0.15, 0.2) is 34.9 Å². The molecule has 0 fully saturated rings. The summed E-state index contributed by atoms with van der Waals surface area (Å²) in [6.45, 7) is 0. The first kappa shape index (κ1) is 14.7. The van der Waals surface area contributed by atoms with E-state index in [1.165, 1.54) is 24.4 Å². The highest BCUT2D eigenvalue weighted by atomic mass is 79.9. The maximum absolute atomic E-state index is 13.0. The lowest BCUT2D eigenvalue weighted by atomic mass is 10.1. The first-order valence-electron chi connectivity index (χ1n) is 5.40. The van der Waals surface area contributed by atoms with E-state index in [1.807, 2.05) is 0 Å². The van der Waals surface area contributed by atoms with Crippen molar-refractivity contribution in [3.8, 4) is 0 Å². The molecule has 2 rings (SSSR count). The molecule has 0 aliphatic carbocycles. The fraction of sp³-hybridized carbons (Fsp3) is 0.154. The van der Waals surface area contributed by atoms with E-state index in [0.29, 0.717) is 20.2 Å². The quantitative estimate of drug-likeness (QED) is 0.865. The topological polar surface area (TPSA) is 33.1 Å². The minimum Gasteiger partial charge on any atom is -0.386 e. The van der Waals surface area contributed by atoms with Crippen LogP contribution in [-0.2, 0) is 6.42 Å². The van der Waals surface area contributed by atoms with Gasteiger partial charge >= 0.3 is 0 Å². The lowest BCUT2D eigenvalue weighted by Crippen LogP contribution is -2.05. The molecular formula is C13H9BrCl2FNO. The molecular weight excluding hydrogens is 356 g/mol. The van der Waals surface area contributed by atoms with Crippen molar-refractivity contribution in [2.24, 2.45) is 0 Å². The Morgan fingerprint density at radius 2 is 2.05 bits per heavy atom. The highest BCUT2D eigenvalue weighted by Crippen LogP contribution is 2.28. The van der Waals surface area contributed by atoms with E-state index in [9.17, 15) is 9.50 Å². The van der Waals surface area contributed by atoms with Gasteiger partial charge in [-0.2, -0.15) is 0 Å². The Kier molecular flexibility index (Phi) is 4.79. The first-order chi connectivity index (χ1) is 8.97. The number of aromatic nitrogens is 1. The van der Waals surface area contributed by atoms with Crippen LogP contribution in [-0.4, -0.2) is 10.1 Å². The third kappa shape index (κ3) is 3.66. The van der Waals surface area contributed by atoms with Gasteiger partial charge in [0.25, 0.3) is 0 Å². The first-order valence-corrected chi connectivity index (χ1v) is 6.95. The van der Waals surface area contributed by atoms with Crippen molar-refractivity contribution in [2.75, 3.05) is 0 Å². The lowest BCUT2D eigenvalue weighted by Gasteiger charge is -2.13. The molecule has 100 valence electrons. The summed E-state index contributed by atoms with van der Waals surface area (Å²) in [6, 6.07) is 5.81. The van der Waals surface area contributed by atoms with Crippen molar-refractivity contribution in [1.29, 1.82) is 0 Å². The summed E-state index contributed by atoms with van der Waals surface area (Å²) >= 11 is 15.0. The van der Waals surface area contributed by atoms with Crippen LogP contribution in [0.1, 0.15) is 17.4 Å². The normalized spacial score (nSPS) is 12.5. The summed E-state index contributed by atoms with van der Waals surface area (Å²) in [5, 5.41) is 10.8. The molecule has 6 heteroatoms. The molecule has 1 unspecified atom stereocenters. The molecule has 0 radical (unpaired) electrons. The number of benzene rings is 1. The predicted octanol–water partition coefficient (Wildman–Crippen LogP) is 4.57. The predicted molar refractivity (Wildman–Crippen MR) is 77.0 cm³/mol. The Bertz CT molecular complexity index is 609. The van der Waals surface area contributed by atoms with Gasteiger partial charge in [-0.3, -0.25) is 4.98 Å². The zero-order chi connectivity index (χ0) is 14.0. The third-order valence-electron chi connectivity index (χ3n) is 2.58. The molecule has 2 nitrogen and oxygen atoms in total. The van der Waals surface area contributed by atoms with Crippen molar-refractivity contribution >= 4 is 39.1 Å². The molecule has 1 aromatic heterocycles. The van der Waals surface area contributed by atoms with Gasteiger partial charge in [0, 0.05) is 17.1 Å². The summed E-state index contributed by atoms with van der Waals surface area (Å²) in [7, 11) is 0. The Morgan fingerprint density at radius 3 is 2.68 bits per heavy atom. The zero-order valence-corrected chi connectivity index (χ0v) is 12.7. The minimum atomic E-state index is -0.883. The molecule has 0 aliphatic rings.